The van der Waals surface area contributed by atoms with Crippen molar-refractivity contribution in [2.24, 2.45) is 5.41 Å². The van der Waals surface area contributed by atoms with Gasteiger partial charge < -0.3 is 10.4 Å². The van der Waals surface area contributed by atoms with Gasteiger partial charge in [-0.3, -0.25) is 4.79 Å². The molecule has 1 aromatic heterocycles. The Morgan fingerprint density at radius 1 is 1.58 bits per heavy atom. The van der Waals surface area contributed by atoms with E-state index in [-0.39, 0.29) is 5.92 Å². The topological polar surface area (TPSA) is 62.2 Å². The monoisotopic (exact) mass is 280 g/mol. The maximum absolute atomic E-state index is 11.1. The van der Waals surface area contributed by atoms with Crippen molar-refractivity contribution in [1.29, 1.82) is 0 Å². The Morgan fingerprint density at radius 3 is 3.00 bits per heavy atom. The molecule has 0 spiro atoms. The lowest BCUT2D eigenvalue weighted by atomic mass is 10.0. The Hall–Kier alpha value is -1.10. The minimum absolute atomic E-state index is 0.382. The maximum atomic E-state index is 11.1. The van der Waals surface area contributed by atoms with E-state index in [4.69, 9.17) is 5.11 Å². The van der Waals surface area contributed by atoms with E-state index >= 15 is 0 Å². The number of nitrogens with zero attached hydrogens (tertiary/aromatic N) is 1. The molecule has 2 aliphatic carbocycles. The molecule has 0 aromatic carbocycles. The number of carboxylic acids is 1. The van der Waals surface area contributed by atoms with E-state index in [1.54, 1.807) is 11.3 Å². The Morgan fingerprint density at radius 2 is 2.37 bits per heavy atom. The Labute approximate surface area is 117 Å². The molecular formula is C14H20N2O2S. The van der Waals surface area contributed by atoms with Crippen molar-refractivity contribution in [3.05, 3.63) is 10.6 Å². The first kappa shape index (κ1) is 12.9. The molecule has 1 fully saturated rings. The quantitative estimate of drug-likeness (QED) is 0.839. The highest BCUT2D eigenvalue weighted by Crippen LogP contribution is 2.49. The number of hydrogen-bond donors (Lipinski definition) is 2. The third kappa shape index (κ3) is 2.48. The van der Waals surface area contributed by atoms with Crippen molar-refractivity contribution in [3.8, 4) is 0 Å². The second kappa shape index (κ2) is 4.78. The van der Waals surface area contributed by atoms with E-state index in [0.717, 1.165) is 28.7 Å². The number of hydrogen-bond acceptors (Lipinski definition) is 4. The lowest BCUT2D eigenvalue weighted by Gasteiger charge is -2.14. The molecule has 1 heterocycles. The van der Waals surface area contributed by atoms with Crippen molar-refractivity contribution < 1.29 is 9.90 Å². The molecule has 2 N–H and O–H groups in total. The molecule has 0 bridgehead atoms. The first-order valence-corrected chi connectivity index (χ1v) is 7.91. The van der Waals surface area contributed by atoms with Gasteiger partial charge >= 0.3 is 5.97 Å². The number of carbonyl (C=O) groups is 1. The van der Waals surface area contributed by atoms with Crippen molar-refractivity contribution in [2.75, 3.05) is 11.9 Å². The van der Waals surface area contributed by atoms with Crippen LogP contribution in [0.4, 0.5) is 5.13 Å². The second-order valence-corrected chi connectivity index (χ2v) is 6.94. The van der Waals surface area contributed by atoms with E-state index in [9.17, 15) is 4.79 Å². The molecule has 2 aliphatic rings. The van der Waals surface area contributed by atoms with Crippen LogP contribution in [0.2, 0.25) is 0 Å². The van der Waals surface area contributed by atoms with Crippen LogP contribution in [0.25, 0.3) is 0 Å². The number of aryl methyl sites for hydroxylation is 1. The lowest BCUT2D eigenvalue weighted by molar-refractivity contribution is -0.138. The number of fused-ring (bicyclic) bond motifs is 1. The normalized spacial score (nSPS) is 23.1. The van der Waals surface area contributed by atoms with E-state index in [1.165, 1.54) is 25.7 Å². The predicted octanol–water partition coefficient (Wildman–Crippen LogP) is 3.25. The molecular weight excluding hydrogens is 260 g/mol. The van der Waals surface area contributed by atoms with Crippen molar-refractivity contribution >= 4 is 22.4 Å². The number of aliphatic carboxylic acids is 1. The van der Waals surface area contributed by atoms with E-state index < -0.39 is 5.97 Å². The van der Waals surface area contributed by atoms with Gasteiger partial charge in [0.15, 0.2) is 5.13 Å². The Balaban J connectivity index is 1.64. The first-order chi connectivity index (χ1) is 9.13. The van der Waals surface area contributed by atoms with Crippen molar-refractivity contribution in [1.82, 2.24) is 4.98 Å². The van der Waals surface area contributed by atoms with Crippen LogP contribution in [0.1, 0.15) is 55.5 Å². The summed E-state index contributed by atoms with van der Waals surface area (Å²) in [5, 5.41) is 13.5. The molecule has 3 rings (SSSR count). The molecule has 19 heavy (non-hydrogen) atoms. The minimum atomic E-state index is -0.736. The molecule has 1 atom stereocenters. The fraction of sp³-hybridized carbons (Fsp3) is 0.714. The van der Waals surface area contributed by atoms with Gasteiger partial charge in [0.2, 0.25) is 0 Å². The summed E-state index contributed by atoms with van der Waals surface area (Å²) in [5.74, 6) is -1.12. The smallest absolute Gasteiger partial charge is 0.312 e. The number of rotatable bonds is 6. The van der Waals surface area contributed by atoms with Gasteiger partial charge in [-0.2, -0.15) is 0 Å². The largest absolute Gasteiger partial charge is 0.481 e. The summed E-state index contributed by atoms with van der Waals surface area (Å²) in [6.45, 7) is 3.22. The number of carboxylic acid groups (broad SMARTS) is 1. The summed E-state index contributed by atoms with van der Waals surface area (Å²) in [5.41, 5.74) is 1.30. The fourth-order valence-corrected chi connectivity index (χ4v) is 4.06. The summed E-state index contributed by atoms with van der Waals surface area (Å²) in [6, 6.07) is 0. The van der Waals surface area contributed by atoms with Gasteiger partial charge in [-0.05, 0) is 37.5 Å². The number of thiazole rings is 1. The highest BCUT2D eigenvalue weighted by molar-refractivity contribution is 7.15. The molecule has 4 nitrogen and oxygen atoms in total. The van der Waals surface area contributed by atoms with Crippen LogP contribution in [0.5, 0.6) is 0 Å². The molecule has 0 amide bonds. The number of aromatic nitrogens is 1. The SMILES string of the molecule is CCCC1(CNc2nc3c(s2)CCC3C(=O)O)CC1. The van der Waals surface area contributed by atoms with Crippen LogP contribution in [0.3, 0.4) is 0 Å². The fourth-order valence-electron chi connectivity index (χ4n) is 3.03. The zero-order chi connectivity index (χ0) is 13.5. The van der Waals surface area contributed by atoms with Crippen LogP contribution >= 0.6 is 11.3 Å². The maximum Gasteiger partial charge on any atom is 0.312 e. The average Bonchev–Trinajstić information content (AvgIpc) is 2.83. The van der Waals surface area contributed by atoms with Gasteiger partial charge in [-0.15, -0.1) is 11.3 Å². The van der Waals surface area contributed by atoms with Gasteiger partial charge in [0.1, 0.15) is 5.92 Å². The highest BCUT2D eigenvalue weighted by Gasteiger charge is 2.41. The molecule has 104 valence electrons. The van der Waals surface area contributed by atoms with Crippen LogP contribution in [0.15, 0.2) is 0 Å². The summed E-state index contributed by atoms with van der Waals surface area (Å²) in [4.78, 5) is 16.8. The zero-order valence-corrected chi connectivity index (χ0v) is 12.1. The summed E-state index contributed by atoms with van der Waals surface area (Å²) >= 11 is 1.64. The molecule has 0 aliphatic heterocycles. The molecule has 1 saturated carbocycles. The third-order valence-corrected chi connectivity index (χ3v) is 5.46. The number of nitrogens with one attached hydrogen (secondary N) is 1. The molecule has 0 radical (unpaired) electrons. The van der Waals surface area contributed by atoms with E-state index in [0.29, 0.717) is 11.8 Å². The lowest BCUT2D eigenvalue weighted by Crippen LogP contribution is -2.15. The Kier molecular flexibility index (Phi) is 3.25. The summed E-state index contributed by atoms with van der Waals surface area (Å²) in [7, 11) is 0. The van der Waals surface area contributed by atoms with Gasteiger partial charge in [0.05, 0.1) is 5.69 Å². The van der Waals surface area contributed by atoms with Crippen LogP contribution in [0, 0.1) is 5.41 Å². The van der Waals surface area contributed by atoms with Gasteiger partial charge in [0, 0.05) is 11.4 Å². The third-order valence-electron chi connectivity index (χ3n) is 4.37. The first-order valence-electron chi connectivity index (χ1n) is 7.10. The average molecular weight is 280 g/mol. The second-order valence-electron chi connectivity index (χ2n) is 5.86. The van der Waals surface area contributed by atoms with Crippen molar-refractivity contribution in [2.45, 2.75) is 51.4 Å². The summed E-state index contributed by atoms with van der Waals surface area (Å²) < 4.78 is 0. The number of anilines is 1. The Bertz CT molecular complexity index is 494. The van der Waals surface area contributed by atoms with Gasteiger partial charge in [-0.1, -0.05) is 13.3 Å². The van der Waals surface area contributed by atoms with Crippen molar-refractivity contribution in [3.63, 3.8) is 0 Å². The molecule has 1 aromatic rings. The van der Waals surface area contributed by atoms with Gasteiger partial charge in [0.25, 0.3) is 0 Å². The zero-order valence-electron chi connectivity index (χ0n) is 11.2. The van der Waals surface area contributed by atoms with E-state index in [2.05, 4.69) is 17.2 Å². The predicted molar refractivity (Wildman–Crippen MR) is 75.9 cm³/mol. The molecule has 5 heteroatoms. The minimum Gasteiger partial charge on any atom is -0.481 e. The van der Waals surface area contributed by atoms with Crippen LogP contribution in [-0.2, 0) is 11.2 Å². The van der Waals surface area contributed by atoms with Gasteiger partial charge in [-0.25, -0.2) is 4.98 Å². The van der Waals surface area contributed by atoms with E-state index in [1.807, 2.05) is 0 Å². The van der Waals surface area contributed by atoms with Crippen LogP contribution in [-0.4, -0.2) is 22.6 Å². The standard InChI is InChI=1S/C14H20N2O2S/c1-2-5-14(6-7-14)8-15-13-16-11-9(12(17)18)3-4-10(11)19-13/h9H,2-8H2,1H3,(H,15,16)(H,17,18). The highest BCUT2D eigenvalue weighted by atomic mass is 32.1. The molecule has 0 saturated heterocycles. The van der Waals surface area contributed by atoms with Crippen LogP contribution < -0.4 is 5.32 Å². The summed E-state index contributed by atoms with van der Waals surface area (Å²) in [6.07, 6.45) is 6.72. The molecule has 1 unspecified atom stereocenters.